The van der Waals surface area contributed by atoms with Crippen LogP contribution in [0.4, 0.5) is 5.95 Å². The van der Waals surface area contributed by atoms with E-state index in [1.54, 1.807) is 11.0 Å². The second-order valence-electron chi connectivity index (χ2n) is 6.94. The van der Waals surface area contributed by atoms with Crippen molar-refractivity contribution in [3.63, 3.8) is 0 Å². The Labute approximate surface area is 141 Å². The molecule has 1 aliphatic heterocycles. The van der Waals surface area contributed by atoms with Gasteiger partial charge in [0.1, 0.15) is 5.69 Å². The Morgan fingerprint density at radius 3 is 2.58 bits per heavy atom. The summed E-state index contributed by atoms with van der Waals surface area (Å²) < 4.78 is 2.00. The molecule has 0 aliphatic carbocycles. The molecule has 0 atom stereocenters. The van der Waals surface area contributed by atoms with Crippen LogP contribution in [0.3, 0.4) is 0 Å². The third kappa shape index (κ3) is 3.25. The van der Waals surface area contributed by atoms with E-state index in [0.717, 1.165) is 23.5 Å². The van der Waals surface area contributed by atoms with E-state index in [1.807, 2.05) is 24.6 Å². The van der Waals surface area contributed by atoms with Crippen LogP contribution in [-0.2, 0) is 6.42 Å². The second-order valence-corrected chi connectivity index (χ2v) is 6.94. The fraction of sp³-hybridized carbons (Fsp3) is 0.529. The molecule has 24 heavy (non-hydrogen) atoms. The SMILES string of the molecule is Cc1cc(C)n(C2CN(C(=O)c3cc(CC(C)C)nc(N)n3)C2)n1. The largest absolute Gasteiger partial charge is 0.368 e. The highest BCUT2D eigenvalue weighted by Crippen LogP contribution is 2.24. The number of rotatable bonds is 4. The first-order valence-corrected chi connectivity index (χ1v) is 8.29. The number of carbonyl (C=O) groups excluding carboxylic acids is 1. The van der Waals surface area contributed by atoms with Crippen LogP contribution in [0.15, 0.2) is 12.1 Å². The van der Waals surface area contributed by atoms with Crippen molar-refractivity contribution in [3.05, 3.63) is 34.9 Å². The van der Waals surface area contributed by atoms with Crippen LogP contribution in [0.5, 0.6) is 0 Å². The Bertz CT molecular complexity index is 760. The first-order valence-electron chi connectivity index (χ1n) is 8.29. The highest BCUT2D eigenvalue weighted by Gasteiger charge is 2.34. The minimum absolute atomic E-state index is 0.0908. The fourth-order valence-electron chi connectivity index (χ4n) is 3.10. The number of amides is 1. The Morgan fingerprint density at radius 1 is 1.29 bits per heavy atom. The molecule has 7 heteroatoms. The van der Waals surface area contributed by atoms with Crippen molar-refractivity contribution in [1.82, 2.24) is 24.6 Å². The molecule has 2 aromatic rings. The zero-order valence-electron chi connectivity index (χ0n) is 14.7. The van der Waals surface area contributed by atoms with Gasteiger partial charge in [-0.1, -0.05) is 13.8 Å². The number of carbonyl (C=O) groups is 1. The number of likely N-dealkylation sites (tertiary alicyclic amines) is 1. The summed E-state index contributed by atoms with van der Waals surface area (Å²) in [5, 5.41) is 4.49. The molecule has 1 aliphatic rings. The van der Waals surface area contributed by atoms with Crippen molar-refractivity contribution in [3.8, 4) is 0 Å². The van der Waals surface area contributed by atoms with Crippen LogP contribution in [0.1, 0.15) is 47.5 Å². The van der Waals surface area contributed by atoms with E-state index in [-0.39, 0.29) is 17.9 Å². The number of aromatic nitrogens is 4. The van der Waals surface area contributed by atoms with Gasteiger partial charge in [-0.25, -0.2) is 9.97 Å². The highest BCUT2D eigenvalue weighted by molar-refractivity contribution is 5.93. The molecule has 7 nitrogen and oxygen atoms in total. The van der Waals surface area contributed by atoms with Gasteiger partial charge in [-0.2, -0.15) is 5.10 Å². The lowest BCUT2D eigenvalue weighted by atomic mass is 10.1. The van der Waals surface area contributed by atoms with E-state index in [0.29, 0.717) is 24.7 Å². The first-order chi connectivity index (χ1) is 11.3. The number of nitrogens with two attached hydrogens (primary N) is 1. The molecule has 128 valence electrons. The van der Waals surface area contributed by atoms with E-state index in [9.17, 15) is 4.79 Å². The normalized spacial score (nSPS) is 15.0. The molecule has 1 amide bonds. The summed E-state index contributed by atoms with van der Waals surface area (Å²) >= 11 is 0. The second kappa shape index (κ2) is 6.22. The van der Waals surface area contributed by atoms with Gasteiger partial charge < -0.3 is 10.6 Å². The molecule has 0 aromatic carbocycles. The summed E-state index contributed by atoms with van der Waals surface area (Å²) in [7, 11) is 0. The summed E-state index contributed by atoms with van der Waals surface area (Å²) in [6.07, 6.45) is 0.779. The lowest BCUT2D eigenvalue weighted by Gasteiger charge is -2.39. The zero-order valence-corrected chi connectivity index (χ0v) is 14.7. The smallest absolute Gasteiger partial charge is 0.272 e. The summed E-state index contributed by atoms with van der Waals surface area (Å²) in [6, 6.07) is 4.04. The molecule has 2 aromatic heterocycles. The van der Waals surface area contributed by atoms with Gasteiger partial charge in [0.2, 0.25) is 5.95 Å². The molecule has 0 unspecified atom stereocenters. The van der Waals surface area contributed by atoms with Crippen molar-refractivity contribution in [2.75, 3.05) is 18.8 Å². The molecular formula is C17H24N6O. The standard InChI is InChI=1S/C17H24N6O/c1-10(2)5-13-7-15(20-17(18)19-13)16(24)22-8-14(9-22)23-12(4)6-11(3)21-23/h6-7,10,14H,5,8-9H2,1-4H3,(H2,18,19,20). The van der Waals surface area contributed by atoms with E-state index in [1.165, 1.54) is 0 Å². The summed E-state index contributed by atoms with van der Waals surface area (Å²) in [5.41, 5.74) is 9.08. The number of anilines is 1. The number of hydrogen-bond acceptors (Lipinski definition) is 5. The van der Waals surface area contributed by atoms with Gasteiger partial charge in [0.05, 0.1) is 11.7 Å². The van der Waals surface area contributed by atoms with E-state index < -0.39 is 0 Å². The monoisotopic (exact) mass is 328 g/mol. The molecule has 1 fully saturated rings. The number of nitrogen functional groups attached to an aromatic ring is 1. The van der Waals surface area contributed by atoms with Crippen LogP contribution in [0.2, 0.25) is 0 Å². The van der Waals surface area contributed by atoms with E-state index in [2.05, 4.69) is 28.9 Å². The molecule has 3 heterocycles. The van der Waals surface area contributed by atoms with Crippen molar-refractivity contribution in [2.24, 2.45) is 5.92 Å². The quantitative estimate of drug-likeness (QED) is 0.924. The highest BCUT2D eigenvalue weighted by atomic mass is 16.2. The maximum absolute atomic E-state index is 12.6. The van der Waals surface area contributed by atoms with Crippen molar-refractivity contribution in [2.45, 2.75) is 40.2 Å². The summed E-state index contributed by atoms with van der Waals surface area (Å²) in [6.45, 7) is 9.51. The number of aryl methyl sites for hydroxylation is 2. The van der Waals surface area contributed by atoms with Crippen molar-refractivity contribution < 1.29 is 4.79 Å². The predicted octanol–water partition coefficient (Wildman–Crippen LogP) is 1.77. The maximum Gasteiger partial charge on any atom is 0.272 e. The third-order valence-corrected chi connectivity index (χ3v) is 4.17. The minimum Gasteiger partial charge on any atom is -0.368 e. The Kier molecular flexibility index (Phi) is 4.26. The van der Waals surface area contributed by atoms with Gasteiger partial charge in [-0.15, -0.1) is 0 Å². The fourth-order valence-corrected chi connectivity index (χ4v) is 3.10. The maximum atomic E-state index is 12.6. The van der Waals surface area contributed by atoms with Gasteiger partial charge in [0.25, 0.3) is 5.91 Å². The minimum atomic E-state index is -0.0908. The molecule has 1 saturated heterocycles. The van der Waals surface area contributed by atoms with Gasteiger partial charge in [-0.05, 0) is 38.3 Å². The van der Waals surface area contributed by atoms with Crippen LogP contribution in [-0.4, -0.2) is 43.6 Å². The van der Waals surface area contributed by atoms with Crippen molar-refractivity contribution in [1.29, 1.82) is 0 Å². The van der Waals surface area contributed by atoms with Gasteiger partial charge in [0.15, 0.2) is 0 Å². The molecule has 2 N–H and O–H groups in total. The van der Waals surface area contributed by atoms with Gasteiger partial charge in [-0.3, -0.25) is 9.48 Å². The topological polar surface area (TPSA) is 89.9 Å². The molecule has 0 bridgehead atoms. The van der Waals surface area contributed by atoms with Gasteiger partial charge in [0, 0.05) is 24.5 Å². The van der Waals surface area contributed by atoms with E-state index in [4.69, 9.17) is 5.73 Å². The average molecular weight is 328 g/mol. The summed E-state index contributed by atoms with van der Waals surface area (Å²) in [5.74, 6) is 0.515. The first kappa shape index (κ1) is 16.4. The molecule has 0 radical (unpaired) electrons. The lowest BCUT2D eigenvalue weighted by molar-refractivity contribution is 0.0491. The van der Waals surface area contributed by atoms with Gasteiger partial charge >= 0.3 is 0 Å². The molecule has 0 spiro atoms. The zero-order chi connectivity index (χ0) is 17.4. The predicted molar refractivity (Wildman–Crippen MR) is 91.6 cm³/mol. The molecule has 0 saturated carbocycles. The van der Waals surface area contributed by atoms with Crippen LogP contribution in [0.25, 0.3) is 0 Å². The van der Waals surface area contributed by atoms with Crippen molar-refractivity contribution >= 4 is 11.9 Å². The summed E-state index contributed by atoms with van der Waals surface area (Å²) in [4.78, 5) is 22.7. The lowest BCUT2D eigenvalue weighted by Crippen LogP contribution is -2.51. The van der Waals surface area contributed by atoms with Crippen LogP contribution >= 0.6 is 0 Å². The Balaban J connectivity index is 1.70. The van der Waals surface area contributed by atoms with E-state index >= 15 is 0 Å². The van der Waals surface area contributed by atoms with Crippen LogP contribution in [0, 0.1) is 19.8 Å². The Hall–Kier alpha value is -2.44. The molecular weight excluding hydrogens is 304 g/mol. The third-order valence-electron chi connectivity index (χ3n) is 4.17. The van der Waals surface area contributed by atoms with Crippen LogP contribution < -0.4 is 5.73 Å². The molecule has 3 rings (SSSR count). The number of hydrogen-bond donors (Lipinski definition) is 1. The number of nitrogens with zero attached hydrogens (tertiary/aromatic N) is 5. The average Bonchev–Trinajstić information content (AvgIpc) is 2.74. The Morgan fingerprint density at radius 2 is 2.00 bits per heavy atom.